The van der Waals surface area contributed by atoms with Gasteiger partial charge in [-0.05, 0) is 18.2 Å². The van der Waals surface area contributed by atoms with E-state index in [0.717, 1.165) is 29.8 Å². The number of carbonyl (C=O) groups excluding carboxylic acids is 1. The normalized spacial score (nSPS) is 11.1. The molecule has 0 heterocycles. The van der Waals surface area contributed by atoms with Crippen LogP contribution in [0.3, 0.4) is 0 Å². The Kier molecular flexibility index (Phi) is 3.72. The number of anilines is 1. The predicted molar refractivity (Wildman–Crippen MR) is 61.0 cm³/mol. The van der Waals surface area contributed by atoms with Gasteiger partial charge in [0.15, 0.2) is 0 Å². The standard InChI is InChI=1S/C10H12FNO4S/c1-12(17(3,14)15)9-6-7(11)4-5-8(9)10(13)16-2/h4-6H,1-3H3. The molecule has 0 N–H and O–H groups in total. The minimum absolute atomic E-state index is 0.0122. The van der Waals surface area contributed by atoms with Crippen LogP contribution in [0.2, 0.25) is 0 Å². The van der Waals surface area contributed by atoms with Crippen molar-refractivity contribution >= 4 is 21.7 Å². The maximum absolute atomic E-state index is 13.1. The summed E-state index contributed by atoms with van der Waals surface area (Å²) in [7, 11) is -1.18. The molecule has 1 aromatic carbocycles. The van der Waals surface area contributed by atoms with Gasteiger partial charge in [-0.25, -0.2) is 17.6 Å². The molecule has 0 atom stereocenters. The van der Waals surface area contributed by atoms with Crippen molar-refractivity contribution < 1.29 is 22.3 Å². The molecule has 0 aliphatic heterocycles. The molecule has 0 saturated carbocycles. The molecule has 0 unspecified atom stereocenters. The van der Waals surface area contributed by atoms with Crippen molar-refractivity contribution in [1.29, 1.82) is 0 Å². The Labute approximate surface area is 98.9 Å². The van der Waals surface area contributed by atoms with Crippen molar-refractivity contribution in [3.8, 4) is 0 Å². The zero-order valence-electron chi connectivity index (χ0n) is 9.60. The first-order valence-corrected chi connectivity index (χ1v) is 6.44. The van der Waals surface area contributed by atoms with Gasteiger partial charge in [-0.15, -0.1) is 0 Å². The lowest BCUT2D eigenvalue weighted by Gasteiger charge is -2.19. The molecule has 5 nitrogen and oxygen atoms in total. The Balaban J connectivity index is 3.40. The highest BCUT2D eigenvalue weighted by Gasteiger charge is 2.20. The van der Waals surface area contributed by atoms with Crippen molar-refractivity contribution in [2.75, 3.05) is 24.7 Å². The third-order valence-electron chi connectivity index (χ3n) is 2.20. The predicted octanol–water partition coefficient (Wildman–Crippen LogP) is 1.01. The highest BCUT2D eigenvalue weighted by molar-refractivity contribution is 7.92. The molecular weight excluding hydrogens is 249 g/mol. The number of sulfonamides is 1. The summed E-state index contributed by atoms with van der Waals surface area (Å²) in [5.74, 6) is -1.36. The van der Waals surface area contributed by atoms with Crippen LogP contribution in [0.1, 0.15) is 10.4 Å². The van der Waals surface area contributed by atoms with E-state index in [0.29, 0.717) is 0 Å². The second-order valence-electron chi connectivity index (χ2n) is 3.38. The lowest BCUT2D eigenvalue weighted by atomic mass is 10.2. The van der Waals surface area contributed by atoms with Crippen LogP contribution in [-0.2, 0) is 14.8 Å². The highest BCUT2D eigenvalue weighted by atomic mass is 32.2. The average Bonchev–Trinajstić information content (AvgIpc) is 2.25. The zero-order valence-corrected chi connectivity index (χ0v) is 10.4. The van der Waals surface area contributed by atoms with E-state index in [-0.39, 0.29) is 11.3 Å². The number of rotatable bonds is 3. The Morgan fingerprint density at radius 1 is 1.41 bits per heavy atom. The van der Waals surface area contributed by atoms with E-state index < -0.39 is 21.8 Å². The summed E-state index contributed by atoms with van der Waals surface area (Å²) in [6, 6.07) is 3.21. The smallest absolute Gasteiger partial charge is 0.340 e. The minimum Gasteiger partial charge on any atom is -0.465 e. The molecule has 0 aliphatic rings. The number of carbonyl (C=O) groups is 1. The van der Waals surface area contributed by atoms with Crippen LogP contribution in [0.5, 0.6) is 0 Å². The molecule has 1 aromatic rings. The van der Waals surface area contributed by atoms with Crippen molar-refractivity contribution in [3.63, 3.8) is 0 Å². The first-order valence-electron chi connectivity index (χ1n) is 4.59. The van der Waals surface area contributed by atoms with E-state index >= 15 is 0 Å². The molecule has 0 aliphatic carbocycles. The average molecular weight is 261 g/mol. The summed E-state index contributed by atoms with van der Waals surface area (Å²) >= 11 is 0. The van der Waals surface area contributed by atoms with Gasteiger partial charge in [0, 0.05) is 7.05 Å². The minimum atomic E-state index is -3.58. The van der Waals surface area contributed by atoms with Crippen molar-refractivity contribution in [2.45, 2.75) is 0 Å². The van der Waals surface area contributed by atoms with Crippen LogP contribution in [0.15, 0.2) is 18.2 Å². The lowest BCUT2D eigenvalue weighted by Crippen LogP contribution is -2.27. The van der Waals surface area contributed by atoms with Crippen LogP contribution >= 0.6 is 0 Å². The number of methoxy groups -OCH3 is 1. The van der Waals surface area contributed by atoms with Gasteiger partial charge in [-0.2, -0.15) is 0 Å². The first kappa shape index (κ1) is 13.4. The molecule has 0 aromatic heterocycles. The third kappa shape index (κ3) is 2.94. The second-order valence-corrected chi connectivity index (χ2v) is 5.40. The van der Waals surface area contributed by atoms with E-state index in [9.17, 15) is 17.6 Å². The molecule has 17 heavy (non-hydrogen) atoms. The molecule has 0 bridgehead atoms. The molecule has 7 heteroatoms. The molecule has 0 spiro atoms. The second kappa shape index (κ2) is 4.70. The maximum Gasteiger partial charge on any atom is 0.340 e. The topological polar surface area (TPSA) is 63.7 Å². The third-order valence-corrected chi connectivity index (χ3v) is 3.39. The van der Waals surface area contributed by atoms with Gasteiger partial charge in [0.05, 0.1) is 24.6 Å². The fourth-order valence-corrected chi connectivity index (χ4v) is 1.73. The van der Waals surface area contributed by atoms with Gasteiger partial charge in [-0.1, -0.05) is 0 Å². The fraction of sp³-hybridized carbons (Fsp3) is 0.300. The van der Waals surface area contributed by atoms with Gasteiger partial charge in [0.1, 0.15) is 5.82 Å². The monoisotopic (exact) mass is 261 g/mol. The fourth-order valence-electron chi connectivity index (χ4n) is 1.23. The molecule has 94 valence electrons. The SMILES string of the molecule is COC(=O)c1ccc(F)cc1N(C)S(C)(=O)=O. The van der Waals surface area contributed by atoms with E-state index in [1.165, 1.54) is 13.1 Å². The number of nitrogens with zero attached hydrogens (tertiary/aromatic N) is 1. The van der Waals surface area contributed by atoms with Crippen molar-refractivity contribution in [2.24, 2.45) is 0 Å². The summed E-state index contributed by atoms with van der Waals surface area (Å²) in [6.07, 6.45) is 0.957. The Hall–Kier alpha value is -1.63. The van der Waals surface area contributed by atoms with Crippen LogP contribution < -0.4 is 4.31 Å². The largest absolute Gasteiger partial charge is 0.465 e. The maximum atomic E-state index is 13.1. The summed E-state index contributed by atoms with van der Waals surface area (Å²) in [5.41, 5.74) is -0.0684. The number of esters is 1. The summed E-state index contributed by atoms with van der Waals surface area (Å²) in [5, 5.41) is 0. The van der Waals surface area contributed by atoms with Gasteiger partial charge >= 0.3 is 5.97 Å². The van der Waals surface area contributed by atoms with Crippen LogP contribution in [-0.4, -0.2) is 34.8 Å². The molecule has 0 saturated heterocycles. The van der Waals surface area contributed by atoms with Gasteiger partial charge in [0.25, 0.3) is 0 Å². The molecule has 1 rings (SSSR count). The Morgan fingerprint density at radius 2 is 2.00 bits per heavy atom. The van der Waals surface area contributed by atoms with Crippen LogP contribution in [0.4, 0.5) is 10.1 Å². The Morgan fingerprint density at radius 3 is 2.47 bits per heavy atom. The van der Waals surface area contributed by atoms with E-state index in [1.54, 1.807) is 0 Å². The van der Waals surface area contributed by atoms with Gasteiger partial charge in [-0.3, -0.25) is 4.31 Å². The van der Waals surface area contributed by atoms with Gasteiger partial charge < -0.3 is 4.74 Å². The highest BCUT2D eigenvalue weighted by Crippen LogP contribution is 2.23. The van der Waals surface area contributed by atoms with Crippen LogP contribution in [0, 0.1) is 5.82 Å². The van der Waals surface area contributed by atoms with Crippen LogP contribution in [0.25, 0.3) is 0 Å². The summed E-state index contributed by atoms with van der Waals surface area (Å²) < 4.78 is 41.1. The molecular formula is C10H12FNO4S. The van der Waals surface area contributed by atoms with E-state index in [1.807, 2.05) is 0 Å². The zero-order chi connectivity index (χ0) is 13.2. The summed E-state index contributed by atoms with van der Waals surface area (Å²) in [6.45, 7) is 0. The molecule has 0 amide bonds. The van der Waals surface area contributed by atoms with E-state index in [2.05, 4.69) is 4.74 Å². The number of benzene rings is 1. The number of hydrogen-bond donors (Lipinski definition) is 0. The van der Waals surface area contributed by atoms with Crippen molar-refractivity contribution in [1.82, 2.24) is 0 Å². The van der Waals surface area contributed by atoms with E-state index in [4.69, 9.17) is 0 Å². The number of ether oxygens (including phenoxy) is 1. The number of halogens is 1. The quantitative estimate of drug-likeness (QED) is 0.762. The lowest BCUT2D eigenvalue weighted by molar-refractivity contribution is 0.0601. The molecule has 0 fully saturated rings. The van der Waals surface area contributed by atoms with Crippen molar-refractivity contribution in [3.05, 3.63) is 29.6 Å². The molecule has 0 radical (unpaired) electrons. The Bertz CT molecular complexity index is 541. The van der Waals surface area contributed by atoms with Gasteiger partial charge in [0.2, 0.25) is 10.0 Å². The number of hydrogen-bond acceptors (Lipinski definition) is 4. The first-order chi connectivity index (χ1) is 7.77. The summed E-state index contributed by atoms with van der Waals surface area (Å²) in [4.78, 5) is 11.4.